The molecule has 4 heteroatoms. The molecular formula is C17H24O4. The van der Waals surface area contributed by atoms with Crippen LogP contribution in [-0.4, -0.2) is 26.1 Å². The number of ether oxygens (including phenoxy) is 4. The van der Waals surface area contributed by atoms with E-state index in [-0.39, 0.29) is 12.9 Å². The Morgan fingerprint density at radius 3 is 2.86 bits per heavy atom. The van der Waals surface area contributed by atoms with Crippen molar-refractivity contribution in [3.63, 3.8) is 0 Å². The zero-order valence-electron chi connectivity index (χ0n) is 13.1. The van der Waals surface area contributed by atoms with Crippen LogP contribution in [0.1, 0.15) is 33.6 Å². The molecule has 1 heterocycles. The van der Waals surface area contributed by atoms with Gasteiger partial charge < -0.3 is 18.9 Å². The van der Waals surface area contributed by atoms with E-state index in [4.69, 9.17) is 18.9 Å². The summed E-state index contributed by atoms with van der Waals surface area (Å²) in [4.78, 5) is 0. The summed E-state index contributed by atoms with van der Waals surface area (Å²) in [6.07, 6.45) is 4.40. The largest absolute Gasteiger partial charge is 0.489 e. The van der Waals surface area contributed by atoms with Crippen LogP contribution in [0.2, 0.25) is 0 Å². The minimum Gasteiger partial charge on any atom is -0.489 e. The van der Waals surface area contributed by atoms with Crippen molar-refractivity contribution in [2.45, 2.75) is 39.7 Å². The predicted octanol–water partition coefficient (Wildman–Crippen LogP) is 3.95. The van der Waals surface area contributed by atoms with Gasteiger partial charge in [0.05, 0.1) is 12.7 Å². The van der Waals surface area contributed by atoms with Gasteiger partial charge >= 0.3 is 0 Å². The van der Waals surface area contributed by atoms with Crippen LogP contribution < -0.4 is 14.2 Å². The van der Waals surface area contributed by atoms with Crippen LogP contribution in [0.15, 0.2) is 29.8 Å². The fourth-order valence-electron chi connectivity index (χ4n) is 2.07. The summed E-state index contributed by atoms with van der Waals surface area (Å²) >= 11 is 0. The van der Waals surface area contributed by atoms with Crippen LogP contribution in [0.3, 0.4) is 0 Å². The molecule has 0 atom stereocenters. The zero-order chi connectivity index (χ0) is 15.1. The Labute approximate surface area is 126 Å². The number of hydrogen-bond donors (Lipinski definition) is 0. The summed E-state index contributed by atoms with van der Waals surface area (Å²) < 4.78 is 21.9. The molecule has 1 aromatic carbocycles. The molecule has 0 aromatic heterocycles. The second kappa shape index (κ2) is 7.93. The molecule has 1 aromatic rings. The van der Waals surface area contributed by atoms with E-state index in [1.807, 2.05) is 18.2 Å². The number of hydrogen-bond acceptors (Lipinski definition) is 4. The molecule has 0 radical (unpaired) electrons. The van der Waals surface area contributed by atoms with Crippen LogP contribution in [0.25, 0.3) is 0 Å². The lowest BCUT2D eigenvalue weighted by Gasteiger charge is -2.10. The molecule has 0 spiro atoms. The highest BCUT2D eigenvalue weighted by molar-refractivity contribution is 5.46. The van der Waals surface area contributed by atoms with Gasteiger partial charge in [-0.25, -0.2) is 0 Å². The van der Waals surface area contributed by atoms with Crippen molar-refractivity contribution in [3.8, 4) is 17.2 Å². The molecule has 0 amide bonds. The van der Waals surface area contributed by atoms with Crippen LogP contribution in [0.5, 0.6) is 17.2 Å². The molecule has 0 saturated heterocycles. The average Bonchev–Trinajstić information content (AvgIpc) is 2.92. The molecule has 0 unspecified atom stereocenters. The van der Waals surface area contributed by atoms with Gasteiger partial charge in [-0.15, -0.1) is 0 Å². The lowest BCUT2D eigenvalue weighted by Crippen LogP contribution is -2.05. The summed E-state index contributed by atoms with van der Waals surface area (Å²) in [5.41, 5.74) is 1.36. The monoisotopic (exact) mass is 292 g/mol. The SMILES string of the molecule is CCC(=CCOc1ccc2c(c1)OCO2)CCOC(C)C. The second-order valence-electron chi connectivity index (χ2n) is 5.21. The Morgan fingerprint density at radius 2 is 2.10 bits per heavy atom. The van der Waals surface area contributed by atoms with Crippen LogP contribution in [0, 0.1) is 0 Å². The Kier molecular flexibility index (Phi) is 5.93. The van der Waals surface area contributed by atoms with Crippen molar-refractivity contribution in [1.29, 1.82) is 0 Å². The first-order chi connectivity index (χ1) is 10.2. The maximum absolute atomic E-state index is 5.74. The van der Waals surface area contributed by atoms with Gasteiger partial charge in [0.2, 0.25) is 6.79 Å². The van der Waals surface area contributed by atoms with Crippen molar-refractivity contribution >= 4 is 0 Å². The van der Waals surface area contributed by atoms with Crippen molar-refractivity contribution in [2.24, 2.45) is 0 Å². The molecule has 1 aliphatic heterocycles. The Balaban J connectivity index is 1.79. The van der Waals surface area contributed by atoms with Crippen LogP contribution in [-0.2, 0) is 4.74 Å². The average molecular weight is 292 g/mol. The van der Waals surface area contributed by atoms with E-state index >= 15 is 0 Å². The third-order valence-corrected chi connectivity index (χ3v) is 3.29. The lowest BCUT2D eigenvalue weighted by atomic mass is 10.1. The summed E-state index contributed by atoms with van der Waals surface area (Å²) in [7, 11) is 0. The highest BCUT2D eigenvalue weighted by Gasteiger charge is 2.13. The van der Waals surface area contributed by atoms with Gasteiger partial charge in [-0.05, 0) is 44.9 Å². The molecule has 0 bridgehead atoms. The van der Waals surface area contributed by atoms with Crippen molar-refractivity contribution in [2.75, 3.05) is 20.0 Å². The molecule has 0 N–H and O–H groups in total. The fourth-order valence-corrected chi connectivity index (χ4v) is 2.07. The summed E-state index contributed by atoms with van der Waals surface area (Å²) in [6, 6.07) is 5.64. The van der Waals surface area contributed by atoms with Crippen molar-refractivity contribution in [3.05, 3.63) is 29.8 Å². The summed E-state index contributed by atoms with van der Waals surface area (Å²) in [5, 5.41) is 0. The van der Waals surface area contributed by atoms with Gasteiger partial charge in [0.1, 0.15) is 12.4 Å². The maximum atomic E-state index is 5.74. The van der Waals surface area contributed by atoms with Gasteiger partial charge in [0.15, 0.2) is 11.5 Å². The second-order valence-corrected chi connectivity index (χ2v) is 5.21. The quantitative estimate of drug-likeness (QED) is 0.680. The minimum atomic E-state index is 0.285. The van der Waals surface area contributed by atoms with E-state index in [0.29, 0.717) is 6.61 Å². The standard InChI is InChI=1S/C17H24O4/c1-4-14(7-9-18-13(2)3)8-10-19-15-5-6-16-17(11-15)21-12-20-16/h5-6,8,11,13H,4,7,9-10,12H2,1-3H3. The molecule has 0 fully saturated rings. The molecule has 0 saturated carbocycles. The minimum absolute atomic E-state index is 0.285. The van der Waals surface area contributed by atoms with E-state index in [1.54, 1.807) is 0 Å². The third kappa shape index (κ3) is 4.97. The number of rotatable bonds is 8. The van der Waals surface area contributed by atoms with E-state index in [1.165, 1.54) is 5.57 Å². The normalized spacial score (nSPS) is 13.8. The molecule has 4 nitrogen and oxygen atoms in total. The fraction of sp³-hybridized carbons (Fsp3) is 0.529. The first kappa shape index (κ1) is 15.7. The molecule has 2 rings (SSSR count). The van der Waals surface area contributed by atoms with Gasteiger partial charge in [-0.3, -0.25) is 0 Å². The molecular weight excluding hydrogens is 268 g/mol. The van der Waals surface area contributed by atoms with E-state index in [0.717, 1.165) is 36.7 Å². The smallest absolute Gasteiger partial charge is 0.231 e. The number of benzene rings is 1. The van der Waals surface area contributed by atoms with Crippen LogP contribution in [0.4, 0.5) is 0 Å². The highest BCUT2D eigenvalue weighted by atomic mass is 16.7. The molecule has 0 aliphatic carbocycles. The van der Waals surface area contributed by atoms with Gasteiger partial charge in [0.25, 0.3) is 0 Å². The number of fused-ring (bicyclic) bond motifs is 1. The Hall–Kier alpha value is -1.68. The Morgan fingerprint density at radius 1 is 1.29 bits per heavy atom. The first-order valence-electron chi connectivity index (χ1n) is 7.51. The van der Waals surface area contributed by atoms with Crippen LogP contribution >= 0.6 is 0 Å². The summed E-state index contributed by atoms with van der Waals surface area (Å²) in [6.45, 7) is 7.87. The van der Waals surface area contributed by atoms with Gasteiger partial charge in [0, 0.05) is 6.07 Å². The van der Waals surface area contributed by atoms with E-state index in [2.05, 4.69) is 26.8 Å². The highest BCUT2D eigenvalue weighted by Crippen LogP contribution is 2.35. The molecule has 116 valence electrons. The van der Waals surface area contributed by atoms with Crippen molar-refractivity contribution in [1.82, 2.24) is 0 Å². The van der Waals surface area contributed by atoms with Crippen molar-refractivity contribution < 1.29 is 18.9 Å². The lowest BCUT2D eigenvalue weighted by molar-refractivity contribution is 0.0809. The zero-order valence-corrected chi connectivity index (χ0v) is 13.1. The Bertz CT molecular complexity index is 480. The third-order valence-electron chi connectivity index (χ3n) is 3.29. The van der Waals surface area contributed by atoms with E-state index < -0.39 is 0 Å². The predicted molar refractivity (Wildman–Crippen MR) is 82.1 cm³/mol. The summed E-state index contributed by atoms with van der Waals surface area (Å²) in [5.74, 6) is 2.32. The van der Waals surface area contributed by atoms with E-state index in [9.17, 15) is 0 Å². The van der Waals surface area contributed by atoms with Gasteiger partial charge in [-0.2, -0.15) is 0 Å². The maximum Gasteiger partial charge on any atom is 0.231 e. The van der Waals surface area contributed by atoms with Gasteiger partial charge in [-0.1, -0.05) is 12.5 Å². The molecule has 1 aliphatic rings. The molecule has 21 heavy (non-hydrogen) atoms. The topological polar surface area (TPSA) is 36.9 Å². The first-order valence-corrected chi connectivity index (χ1v) is 7.51.